The van der Waals surface area contributed by atoms with Crippen molar-refractivity contribution in [2.24, 2.45) is 0 Å². The van der Waals surface area contributed by atoms with Gasteiger partial charge in [-0.05, 0) is 24.6 Å². The van der Waals surface area contributed by atoms with Gasteiger partial charge in [0.15, 0.2) is 5.56 Å². The van der Waals surface area contributed by atoms with E-state index in [1.54, 1.807) is 12.1 Å². The summed E-state index contributed by atoms with van der Waals surface area (Å²) in [6.45, 7) is 1.96. The molecule has 0 fully saturated rings. The van der Waals surface area contributed by atoms with Gasteiger partial charge in [0.1, 0.15) is 5.69 Å². The number of aryl methyl sites for hydroxylation is 1. The lowest BCUT2D eigenvalue weighted by atomic mass is 10.1. The maximum Gasteiger partial charge on any atom is 0.343 e. The molecule has 0 aliphatic rings. The first-order chi connectivity index (χ1) is 10.6. The Hall–Kier alpha value is -3.08. The summed E-state index contributed by atoms with van der Waals surface area (Å²) in [5, 5.41) is 16.4. The van der Waals surface area contributed by atoms with Crippen LogP contribution in [0.3, 0.4) is 0 Å². The molecular formula is C17H14N2O3. The van der Waals surface area contributed by atoms with E-state index in [-0.39, 0.29) is 11.4 Å². The minimum atomic E-state index is -1.09. The quantitative estimate of drug-likeness (QED) is 0.758. The Balaban J connectivity index is 2.02. The van der Waals surface area contributed by atoms with Crippen molar-refractivity contribution >= 4 is 17.5 Å². The molecule has 2 N–H and O–H groups in total. The summed E-state index contributed by atoms with van der Waals surface area (Å²) < 4.78 is 5.21. The lowest BCUT2D eigenvalue weighted by Gasteiger charge is -2.04. The zero-order valence-electron chi connectivity index (χ0n) is 11.9. The smallest absolute Gasteiger partial charge is 0.343 e. The highest BCUT2D eigenvalue weighted by atomic mass is 16.5. The second-order valence-electron chi connectivity index (χ2n) is 4.90. The Morgan fingerprint density at radius 2 is 1.91 bits per heavy atom. The number of carboxylic acid groups (broad SMARTS) is 1. The molecule has 0 spiro atoms. The van der Waals surface area contributed by atoms with Gasteiger partial charge in [0.05, 0.1) is 0 Å². The first-order valence-electron chi connectivity index (χ1n) is 6.77. The van der Waals surface area contributed by atoms with Crippen LogP contribution in [-0.2, 0) is 0 Å². The van der Waals surface area contributed by atoms with E-state index < -0.39 is 5.97 Å². The third-order valence-electron chi connectivity index (χ3n) is 3.23. The van der Waals surface area contributed by atoms with Gasteiger partial charge >= 0.3 is 5.97 Å². The minimum absolute atomic E-state index is 0.0210. The summed E-state index contributed by atoms with van der Waals surface area (Å²) >= 11 is 0. The van der Waals surface area contributed by atoms with Crippen molar-refractivity contribution in [3.63, 3.8) is 0 Å². The van der Waals surface area contributed by atoms with E-state index in [0.29, 0.717) is 11.3 Å². The molecule has 0 radical (unpaired) electrons. The average Bonchev–Trinajstić information content (AvgIpc) is 2.92. The van der Waals surface area contributed by atoms with Crippen molar-refractivity contribution in [1.29, 1.82) is 0 Å². The lowest BCUT2D eigenvalue weighted by molar-refractivity contribution is 0.0698. The zero-order valence-corrected chi connectivity index (χ0v) is 11.9. The van der Waals surface area contributed by atoms with Crippen LogP contribution in [0.1, 0.15) is 15.9 Å². The highest BCUT2D eigenvalue weighted by Gasteiger charge is 2.23. The van der Waals surface area contributed by atoms with E-state index in [1.165, 1.54) is 0 Å². The largest absolute Gasteiger partial charge is 0.477 e. The summed E-state index contributed by atoms with van der Waals surface area (Å²) in [5.74, 6) is -0.966. The molecule has 0 aliphatic heterocycles. The number of aromatic carboxylic acids is 1. The molecule has 3 aromatic rings. The average molecular weight is 294 g/mol. The van der Waals surface area contributed by atoms with Crippen LogP contribution < -0.4 is 5.32 Å². The molecule has 1 aromatic heterocycles. The van der Waals surface area contributed by atoms with E-state index >= 15 is 0 Å². The molecule has 2 aromatic carbocycles. The van der Waals surface area contributed by atoms with E-state index in [4.69, 9.17) is 4.52 Å². The molecule has 110 valence electrons. The monoisotopic (exact) mass is 294 g/mol. The van der Waals surface area contributed by atoms with Crippen molar-refractivity contribution in [1.82, 2.24) is 5.16 Å². The number of hydrogen-bond donors (Lipinski definition) is 2. The predicted molar refractivity (Wildman–Crippen MR) is 83.4 cm³/mol. The van der Waals surface area contributed by atoms with Crippen molar-refractivity contribution in [3.05, 3.63) is 65.7 Å². The fourth-order valence-corrected chi connectivity index (χ4v) is 2.22. The van der Waals surface area contributed by atoms with Gasteiger partial charge in [-0.1, -0.05) is 47.6 Å². The number of anilines is 2. The van der Waals surface area contributed by atoms with Gasteiger partial charge in [0.25, 0.3) is 0 Å². The first kappa shape index (κ1) is 13.9. The number of rotatable bonds is 4. The molecule has 0 bridgehead atoms. The molecule has 0 amide bonds. The van der Waals surface area contributed by atoms with Gasteiger partial charge in [-0.15, -0.1) is 0 Å². The third-order valence-corrected chi connectivity index (χ3v) is 3.23. The van der Waals surface area contributed by atoms with Crippen molar-refractivity contribution in [2.75, 3.05) is 5.32 Å². The maximum absolute atomic E-state index is 11.6. The Bertz CT molecular complexity index is 810. The molecule has 0 atom stereocenters. The van der Waals surface area contributed by atoms with Crippen LogP contribution >= 0.6 is 0 Å². The van der Waals surface area contributed by atoms with Crippen LogP contribution in [-0.4, -0.2) is 16.2 Å². The molecule has 3 rings (SSSR count). The molecule has 1 heterocycles. The third kappa shape index (κ3) is 2.69. The Morgan fingerprint density at radius 3 is 2.59 bits per heavy atom. The van der Waals surface area contributed by atoms with Crippen LogP contribution in [0.2, 0.25) is 0 Å². The topological polar surface area (TPSA) is 75.4 Å². The molecule has 22 heavy (non-hydrogen) atoms. The van der Waals surface area contributed by atoms with E-state index in [9.17, 15) is 9.90 Å². The van der Waals surface area contributed by atoms with E-state index in [0.717, 1.165) is 11.3 Å². The van der Waals surface area contributed by atoms with Crippen molar-refractivity contribution in [2.45, 2.75) is 6.92 Å². The second kappa shape index (κ2) is 5.73. The zero-order chi connectivity index (χ0) is 15.5. The number of nitrogens with one attached hydrogen (secondary N) is 1. The normalized spacial score (nSPS) is 10.4. The summed E-state index contributed by atoms with van der Waals surface area (Å²) in [4.78, 5) is 11.6. The Labute approximate surface area is 127 Å². The number of aromatic nitrogens is 1. The summed E-state index contributed by atoms with van der Waals surface area (Å²) in [6.07, 6.45) is 0. The maximum atomic E-state index is 11.6. The number of hydrogen-bond acceptors (Lipinski definition) is 4. The number of carbonyl (C=O) groups is 1. The van der Waals surface area contributed by atoms with Crippen molar-refractivity contribution < 1.29 is 14.4 Å². The van der Waals surface area contributed by atoms with Gasteiger partial charge in [-0.2, -0.15) is 0 Å². The Kier molecular flexibility index (Phi) is 3.62. The van der Waals surface area contributed by atoms with Gasteiger partial charge in [-0.3, -0.25) is 0 Å². The van der Waals surface area contributed by atoms with Crippen LogP contribution in [0.15, 0.2) is 59.1 Å². The highest BCUT2D eigenvalue weighted by molar-refractivity contribution is 6.00. The van der Waals surface area contributed by atoms with Crippen molar-refractivity contribution in [3.8, 4) is 11.3 Å². The molecular weight excluding hydrogens is 280 g/mol. The van der Waals surface area contributed by atoms with E-state index in [1.807, 2.05) is 49.4 Å². The van der Waals surface area contributed by atoms with Crippen LogP contribution in [0.4, 0.5) is 11.6 Å². The van der Waals surface area contributed by atoms with Gasteiger partial charge in [0, 0.05) is 11.3 Å². The molecule has 5 nitrogen and oxygen atoms in total. The molecule has 0 saturated carbocycles. The number of benzene rings is 2. The SMILES string of the molecule is Cc1cccc(Nc2onc(-c3ccccc3)c2C(=O)O)c1. The van der Waals surface area contributed by atoms with Crippen LogP contribution in [0.5, 0.6) is 0 Å². The molecule has 0 aliphatic carbocycles. The van der Waals surface area contributed by atoms with Crippen LogP contribution in [0.25, 0.3) is 11.3 Å². The number of nitrogens with zero attached hydrogens (tertiary/aromatic N) is 1. The van der Waals surface area contributed by atoms with Crippen LogP contribution in [0, 0.1) is 6.92 Å². The predicted octanol–water partition coefficient (Wildman–Crippen LogP) is 4.09. The number of carboxylic acids is 1. The molecule has 5 heteroatoms. The second-order valence-corrected chi connectivity index (χ2v) is 4.90. The standard InChI is InChI=1S/C17H14N2O3/c1-11-6-5-9-13(10-11)18-16-14(17(20)21)15(19-22-16)12-7-3-2-4-8-12/h2-10,18H,1H3,(H,20,21). The summed E-state index contributed by atoms with van der Waals surface area (Å²) in [6, 6.07) is 16.7. The molecule has 0 saturated heterocycles. The minimum Gasteiger partial charge on any atom is -0.477 e. The molecule has 0 unspecified atom stereocenters. The highest BCUT2D eigenvalue weighted by Crippen LogP contribution is 2.30. The fourth-order valence-electron chi connectivity index (χ4n) is 2.22. The fraction of sp³-hybridized carbons (Fsp3) is 0.0588. The van der Waals surface area contributed by atoms with Gasteiger partial charge in [-0.25, -0.2) is 4.79 Å². The summed E-state index contributed by atoms with van der Waals surface area (Å²) in [7, 11) is 0. The van der Waals surface area contributed by atoms with E-state index in [2.05, 4.69) is 10.5 Å². The summed E-state index contributed by atoms with van der Waals surface area (Å²) in [5.41, 5.74) is 2.83. The van der Waals surface area contributed by atoms with Gasteiger partial charge < -0.3 is 14.9 Å². The van der Waals surface area contributed by atoms with Gasteiger partial charge in [0.2, 0.25) is 5.88 Å². The lowest BCUT2D eigenvalue weighted by Crippen LogP contribution is -2.02. The Morgan fingerprint density at radius 1 is 1.14 bits per heavy atom. The first-order valence-corrected chi connectivity index (χ1v) is 6.77.